The molecule has 2 heterocycles. The van der Waals surface area contributed by atoms with Gasteiger partial charge in [0.2, 0.25) is 5.91 Å². The van der Waals surface area contributed by atoms with Gasteiger partial charge in [-0.2, -0.15) is 5.10 Å². The Hall–Kier alpha value is -1.47. The van der Waals surface area contributed by atoms with E-state index in [-0.39, 0.29) is 18.4 Å². The summed E-state index contributed by atoms with van der Waals surface area (Å²) in [7, 11) is 1.61. The van der Waals surface area contributed by atoms with Gasteiger partial charge >= 0.3 is 0 Å². The Morgan fingerprint density at radius 1 is 1.33 bits per heavy atom. The van der Waals surface area contributed by atoms with Crippen LogP contribution in [0.2, 0.25) is 0 Å². The molecule has 1 aromatic rings. The van der Waals surface area contributed by atoms with Crippen molar-refractivity contribution in [3.8, 4) is 0 Å². The van der Waals surface area contributed by atoms with Crippen molar-refractivity contribution in [1.82, 2.24) is 20.1 Å². The Kier molecular flexibility index (Phi) is 5.50. The van der Waals surface area contributed by atoms with E-state index in [0.717, 1.165) is 51.4 Å². The fraction of sp³-hybridized carbons (Fsp3) is 0.824. The van der Waals surface area contributed by atoms with Gasteiger partial charge in [-0.25, -0.2) is 4.98 Å². The van der Waals surface area contributed by atoms with Crippen LogP contribution in [0.5, 0.6) is 0 Å². The average molecular weight is 336 g/mol. The molecule has 0 bridgehead atoms. The van der Waals surface area contributed by atoms with Crippen LogP contribution in [0.15, 0.2) is 0 Å². The van der Waals surface area contributed by atoms with Gasteiger partial charge in [0.15, 0.2) is 11.6 Å². The summed E-state index contributed by atoms with van der Waals surface area (Å²) in [6.07, 6.45) is 7.78. The van der Waals surface area contributed by atoms with E-state index >= 15 is 0 Å². The number of hydrogen-bond donors (Lipinski definition) is 2. The first-order valence-electron chi connectivity index (χ1n) is 9.03. The van der Waals surface area contributed by atoms with E-state index in [1.54, 1.807) is 7.11 Å². The number of hydrogen-bond acceptors (Lipinski definition) is 5. The number of piperidine rings is 1. The van der Waals surface area contributed by atoms with E-state index in [2.05, 4.69) is 15.2 Å². The number of aliphatic hydroxyl groups is 1. The Morgan fingerprint density at radius 2 is 2.12 bits per heavy atom. The minimum atomic E-state index is -0.822. The normalized spacial score (nSPS) is 24.1. The topological polar surface area (TPSA) is 91.3 Å². The first kappa shape index (κ1) is 17.4. The molecule has 7 heteroatoms. The monoisotopic (exact) mass is 336 g/mol. The lowest BCUT2D eigenvalue weighted by atomic mass is 9.82. The lowest BCUT2D eigenvalue weighted by molar-refractivity contribution is -0.141. The maximum atomic E-state index is 12.9. The van der Waals surface area contributed by atoms with Crippen molar-refractivity contribution in [1.29, 1.82) is 0 Å². The number of aromatic nitrogens is 3. The SMILES string of the molecule is COCc1nc([C@H]2CCCCN2C(=O)CC2(O)CCCCC2)n[nH]1. The van der Waals surface area contributed by atoms with Crippen LogP contribution in [0.4, 0.5) is 0 Å². The maximum absolute atomic E-state index is 12.9. The van der Waals surface area contributed by atoms with E-state index in [9.17, 15) is 9.90 Å². The molecule has 1 saturated heterocycles. The number of nitrogens with one attached hydrogen (secondary N) is 1. The van der Waals surface area contributed by atoms with Crippen LogP contribution in [0.25, 0.3) is 0 Å². The molecule has 1 aliphatic carbocycles. The maximum Gasteiger partial charge on any atom is 0.226 e. The summed E-state index contributed by atoms with van der Waals surface area (Å²) < 4.78 is 5.07. The summed E-state index contributed by atoms with van der Waals surface area (Å²) in [6, 6.07) is -0.0969. The average Bonchev–Trinajstić information content (AvgIpc) is 3.04. The summed E-state index contributed by atoms with van der Waals surface area (Å²) in [4.78, 5) is 19.2. The lowest BCUT2D eigenvalue weighted by Crippen LogP contribution is -2.44. The Bertz CT molecular complexity index is 554. The molecule has 1 atom stereocenters. The van der Waals surface area contributed by atoms with Gasteiger partial charge in [-0.3, -0.25) is 9.89 Å². The van der Waals surface area contributed by atoms with E-state index in [1.165, 1.54) is 0 Å². The molecule has 2 N–H and O–H groups in total. The standard InChI is InChI=1S/C17H28N4O3/c1-24-12-14-18-16(20-19-14)13-7-3-6-10-21(13)15(22)11-17(23)8-4-2-5-9-17/h13,23H,2-12H2,1H3,(H,18,19,20)/t13-/m1/s1. The van der Waals surface area contributed by atoms with Crippen molar-refractivity contribution in [3.05, 3.63) is 11.6 Å². The van der Waals surface area contributed by atoms with Crippen molar-refractivity contribution >= 4 is 5.91 Å². The highest BCUT2D eigenvalue weighted by Crippen LogP contribution is 2.34. The molecule has 1 aliphatic heterocycles. The number of carbonyl (C=O) groups is 1. The molecule has 2 fully saturated rings. The molecule has 2 aliphatic rings. The molecule has 0 spiro atoms. The summed E-state index contributed by atoms with van der Waals surface area (Å²) >= 11 is 0. The van der Waals surface area contributed by atoms with Crippen LogP contribution in [0.3, 0.4) is 0 Å². The second-order valence-electron chi connectivity index (χ2n) is 7.13. The summed E-state index contributed by atoms with van der Waals surface area (Å²) in [5, 5.41) is 17.9. The van der Waals surface area contributed by atoms with E-state index in [0.29, 0.717) is 24.8 Å². The molecule has 134 valence electrons. The van der Waals surface area contributed by atoms with Gasteiger partial charge in [-0.15, -0.1) is 0 Å². The lowest BCUT2D eigenvalue weighted by Gasteiger charge is -2.38. The second kappa shape index (κ2) is 7.61. The van der Waals surface area contributed by atoms with Gasteiger partial charge in [0.25, 0.3) is 0 Å². The second-order valence-corrected chi connectivity index (χ2v) is 7.13. The summed E-state index contributed by atoms with van der Waals surface area (Å²) in [5.41, 5.74) is -0.822. The number of ether oxygens (including phenoxy) is 1. The van der Waals surface area contributed by atoms with Gasteiger partial charge in [-0.05, 0) is 32.1 Å². The molecule has 1 aromatic heterocycles. The van der Waals surface area contributed by atoms with Crippen LogP contribution in [-0.4, -0.2) is 50.4 Å². The van der Waals surface area contributed by atoms with Gasteiger partial charge in [0.05, 0.1) is 18.1 Å². The third kappa shape index (κ3) is 3.95. The van der Waals surface area contributed by atoms with Crippen molar-refractivity contribution < 1.29 is 14.6 Å². The van der Waals surface area contributed by atoms with Crippen molar-refractivity contribution in [2.75, 3.05) is 13.7 Å². The number of aromatic amines is 1. The van der Waals surface area contributed by atoms with Crippen molar-refractivity contribution in [2.45, 2.75) is 76.0 Å². The minimum Gasteiger partial charge on any atom is -0.389 e. The quantitative estimate of drug-likeness (QED) is 0.859. The Morgan fingerprint density at radius 3 is 2.88 bits per heavy atom. The van der Waals surface area contributed by atoms with E-state index < -0.39 is 5.60 Å². The number of rotatable bonds is 5. The zero-order valence-electron chi connectivity index (χ0n) is 14.5. The summed E-state index contributed by atoms with van der Waals surface area (Å²) in [6.45, 7) is 1.10. The molecule has 7 nitrogen and oxygen atoms in total. The van der Waals surface area contributed by atoms with Crippen LogP contribution in [-0.2, 0) is 16.1 Å². The van der Waals surface area contributed by atoms with E-state index in [4.69, 9.17) is 4.74 Å². The highest BCUT2D eigenvalue weighted by Gasteiger charge is 2.37. The molecule has 0 radical (unpaired) electrons. The Labute approximate surface area is 142 Å². The number of H-pyrrole nitrogens is 1. The highest BCUT2D eigenvalue weighted by molar-refractivity contribution is 5.77. The smallest absolute Gasteiger partial charge is 0.226 e. The van der Waals surface area contributed by atoms with Gasteiger partial charge in [0, 0.05) is 13.7 Å². The zero-order chi connectivity index (χ0) is 17.0. The molecular formula is C17H28N4O3. The number of nitrogens with zero attached hydrogens (tertiary/aromatic N) is 3. The van der Waals surface area contributed by atoms with Crippen LogP contribution in [0, 0.1) is 0 Å². The molecule has 0 unspecified atom stereocenters. The molecule has 1 saturated carbocycles. The number of likely N-dealkylation sites (tertiary alicyclic amines) is 1. The van der Waals surface area contributed by atoms with Gasteiger partial charge in [-0.1, -0.05) is 19.3 Å². The molecular weight excluding hydrogens is 308 g/mol. The van der Waals surface area contributed by atoms with Gasteiger partial charge in [0.1, 0.15) is 6.61 Å². The first-order chi connectivity index (χ1) is 11.6. The highest BCUT2D eigenvalue weighted by atomic mass is 16.5. The minimum absolute atomic E-state index is 0.0298. The molecule has 1 amide bonds. The molecule has 24 heavy (non-hydrogen) atoms. The third-order valence-corrected chi connectivity index (χ3v) is 5.22. The summed E-state index contributed by atoms with van der Waals surface area (Å²) in [5.74, 6) is 1.37. The zero-order valence-corrected chi connectivity index (χ0v) is 14.5. The van der Waals surface area contributed by atoms with E-state index in [1.807, 2.05) is 4.90 Å². The predicted octanol–water partition coefficient (Wildman–Crippen LogP) is 2.09. The predicted molar refractivity (Wildman–Crippen MR) is 88.1 cm³/mol. The number of methoxy groups -OCH3 is 1. The fourth-order valence-corrected chi connectivity index (χ4v) is 3.93. The molecule has 3 rings (SSSR count). The van der Waals surface area contributed by atoms with Crippen LogP contribution in [0.1, 0.15) is 75.5 Å². The fourth-order valence-electron chi connectivity index (χ4n) is 3.93. The van der Waals surface area contributed by atoms with Crippen molar-refractivity contribution in [2.24, 2.45) is 0 Å². The van der Waals surface area contributed by atoms with Crippen molar-refractivity contribution in [3.63, 3.8) is 0 Å². The number of carbonyl (C=O) groups excluding carboxylic acids is 1. The first-order valence-corrected chi connectivity index (χ1v) is 9.03. The largest absolute Gasteiger partial charge is 0.389 e. The van der Waals surface area contributed by atoms with Crippen LogP contribution < -0.4 is 0 Å². The third-order valence-electron chi connectivity index (χ3n) is 5.22. The number of amides is 1. The Balaban J connectivity index is 1.70. The van der Waals surface area contributed by atoms with Crippen LogP contribution >= 0.6 is 0 Å². The van der Waals surface area contributed by atoms with Gasteiger partial charge < -0.3 is 14.7 Å². The molecule has 0 aromatic carbocycles.